The Morgan fingerprint density at radius 2 is 1.80 bits per heavy atom. The van der Waals surface area contributed by atoms with Gasteiger partial charge < -0.3 is 11.1 Å². The van der Waals surface area contributed by atoms with Crippen molar-refractivity contribution in [3.05, 3.63) is 78.0 Å². The van der Waals surface area contributed by atoms with Gasteiger partial charge in [0.1, 0.15) is 17.8 Å². The van der Waals surface area contributed by atoms with Crippen LogP contribution in [-0.2, 0) is 0 Å². The van der Waals surface area contributed by atoms with E-state index < -0.39 is 11.7 Å². The molecule has 150 valence electrons. The van der Waals surface area contributed by atoms with Gasteiger partial charge in [-0.3, -0.25) is 20.6 Å². The Bertz CT molecular complexity index is 1250. The number of aryl methyl sites for hydroxylation is 1. The average molecular weight is 403 g/mol. The molecule has 0 saturated heterocycles. The number of nitrogens with two attached hydrogens (primary N) is 1. The van der Waals surface area contributed by atoms with Gasteiger partial charge in [0.25, 0.3) is 5.91 Å². The third-order valence-corrected chi connectivity index (χ3v) is 4.42. The number of nitrogen functional groups attached to an aromatic ring is 1. The monoisotopic (exact) mass is 403 g/mol. The van der Waals surface area contributed by atoms with Gasteiger partial charge in [-0.1, -0.05) is 18.2 Å². The lowest BCUT2D eigenvalue weighted by Crippen LogP contribution is -2.31. The van der Waals surface area contributed by atoms with Gasteiger partial charge in [-0.05, 0) is 43.3 Å². The van der Waals surface area contributed by atoms with E-state index in [2.05, 4.69) is 31.1 Å². The Hall–Kier alpha value is -4.27. The number of pyridine rings is 1. The van der Waals surface area contributed by atoms with E-state index in [0.29, 0.717) is 5.82 Å². The minimum atomic E-state index is -0.656. The lowest BCUT2D eigenvalue weighted by Gasteiger charge is -2.14. The van der Waals surface area contributed by atoms with Crippen LogP contribution in [0.15, 0.2) is 60.9 Å². The molecule has 1 amide bonds. The Balaban J connectivity index is 1.55. The van der Waals surface area contributed by atoms with E-state index in [-0.39, 0.29) is 17.1 Å². The number of hydrogen-bond acceptors (Lipinski definition) is 7. The third kappa shape index (κ3) is 3.81. The van der Waals surface area contributed by atoms with Gasteiger partial charge in [0.2, 0.25) is 0 Å². The van der Waals surface area contributed by atoms with Crippen LogP contribution in [0.4, 0.5) is 27.4 Å². The van der Waals surface area contributed by atoms with E-state index in [1.165, 1.54) is 24.5 Å². The summed E-state index contributed by atoms with van der Waals surface area (Å²) in [5.41, 5.74) is 13.8. The quantitative estimate of drug-likeness (QED) is 0.376. The van der Waals surface area contributed by atoms with Crippen LogP contribution in [0.1, 0.15) is 16.1 Å². The van der Waals surface area contributed by atoms with Gasteiger partial charge in [0.05, 0.1) is 11.1 Å². The number of benzene rings is 2. The molecule has 4 aromatic rings. The highest BCUT2D eigenvalue weighted by atomic mass is 19.1. The molecule has 0 aliphatic rings. The lowest BCUT2D eigenvalue weighted by molar-refractivity contribution is 0.0958. The van der Waals surface area contributed by atoms with E-state index in [0.717, 1.165) is 22.3 Å². The second kappa shape index (κ2) is 8.00. The molecular formula is C21H18FN7O. The van der Waals surface area contributed by atoms with Crippen LogP contribution in [0.3, 0.4) is 0 Å². The summed E-state index contributed by atoms with van der Waals surface area (Å²) in [6.07, 6.45) is 1.30. The van der Waals surface area contributed by atoms with E-state index >= 15 is 0 Å². The van der Waals surface area contributed by atoms with Crippen LogP contribution in [0.25, 0.3) is 10.9 Å². The van der Waals surface area contributed by atoms with E-state index in [1.54, 1.807) is 6.07 Å². The third-order valence-electron chi connectivity index (χ3n) is 4.42. The first-order valence-electron chi connectivity index (χ1n) is 9.07. The molecule has 2 aromatic heterocycles. The van der Waals surface area contributed by atoms with Crippen molar-refractivity contribution in [3.8, 4) is 0 Å². The molecule has 2 aromatic carbocycles. The fraction of sp³-hybridized carbons (Fsp3) is 0.0476. The molecule has 9 heteroatoms. The Morgan fingerprint density at radius 1 is 1.00 bits per heavy atom. The summed E-state index contributed by atoms with van der Waals surface area (Å²) in [5, 5.41) is 4.08. The van der Waals surface area contributed by atoms with Gasteiger partial charge in [0, 0.05) is 16.8 Å². The topological polar surface area (TPSA) is 118 Å². The van der Waals surface area contributed by atoms with Gasteiger partial charge in [-0.15, -0.1) is 0 Å². The number of nitrogens with one attached hydrogen (secondary N) is 3. The number of rotatable bonds is 5. The molecule has 0 aliphatic carbocycles. The number of carbonyl (C=O) groups excluding carboxylic acids is 1. The highest BCUT2D eigenvalue weighted by molar-refractivity contribution is 5.96. The standard InChI is InChI=1S/C21H18FN7O/c1-12-9-10-14-16(26-12)7-4-8-17(14)27-19-18(23)20(25-11-24-19)28-29-21(30)13-5-2-3-6-15(13)22/h2-11H,23H2,1H3,(H,29,30)(H2,24,25,27,28). The summed E-state index contributed by atoms with van der Waals surface area (Å²) in [6.45, 7) is 1.93. The van der Waals surface area contributed by atoms with Crippen molar-refractivity contribution in [2.24, 2.45) is 0 Å². The highest BCUT2D eigenvalue weighted by Crippen LogP contribution is 2.29. The number of fused-ring (bicyclic) bond motifs is 1. The molecule has 0 atom stereocenters. The highest BCUT2D eigenvalue weighted by Gasteiger charge is 2.13. The minimum Gasteiger partial charge on any atom is -0.393 e. The Kier molecular flexibility index (Phi) is 5.08. The van der Waals surface area contributed by atoms with Crippen molar-refractivity contribution in [2.45, 2.75) is 6.92 Å². The predicted molar refractivity (Wildman–Crippen MR) is 114 cm³/mol. The molecular weight excluding hydrogens is 385 g/mol. The SMILES string of the molecule is Cc1ccc2c(Nc3ncnc(NNC(=O)c4ccccc4F)c3N)cccc2n1. The van der Waals surface area contributed by atoms with Crippen LogP contribution in [0.5, 0.6) is 0 Å². The van der Waals surface area contributed by atoms with Crippen LogP contribution in [0.2, 0.25) is 0 Å². The van der Waals surface area contributed by atoms with Crippen LogP contribution < -0.4 is 21.9 Å². The molecule has 5 N–H and O–H groups in total. The van der Waals surface area contributed by atoms with E-state index in [1.807, 2.05) is 37.3 Å². The molecule has 0 aliphatic heterocycles. The van der Waals surface area contributed by atoms with E-state index in [4.69, 9.17) is 5.73 Å². The molecule has 4 rings (SSSR count). The fourth-order valence-electron chi connectivity index (χ4n) is 2.92. The van der Waals surface area contributed by atoms with Gasteiger partial charge >= 0.3 is 0 Å². The zero-order chi connectivity index (χ0) is 21.1. The van der Waals surface area contributed by atoms with Crippen LogP contribution in [0, 0.1) is 12.7 Å². The molecule has 0 unspecified atom stereocenters. The summed E-state index contributed by atoms with van der Waals surface area (Å²) >= 11 is 0. The Labute approximate surface area is 171 Å². The second-order valence-electron chi connectivity index (χ2n) is 6.49. The second-order valence-corrected chi connectivity index (χ2v) is 6.49. The molecule has 30 heavy (non-hydrogen) atoms. The molecule has 0 bridgehead atoms. The molecule has 2 heterocycles. The first-order valence-corrected chi connectivity index (χ1v) is 9.07. The summed E-state index contributed by atoms with van der Waals surface area (Å²) in [5.74, 6) is -0.766. The molecule has 8 nitrogen and oxygen atoms in total. The zero-order valence-electron chi connectivity index (χ0n) is 16.0. The maximum atomic E-state index is 13.8. The van der Waals surface area contributed by atoms with Gasteiger partial charge in [-0.2, -0.15) is 0 Å². The lowest BCUT2D eigenvalue weighted by atomic mass is 10.1. The first kappa shape index (κ1) is 19.1. The zero-order valence-corrected chi connectivity index (χ0v) is 16.0. The van der Waals surface area contributed by atoms with Gasteiger partial charge in [0.15, 0.2) is 11.6 Å². The van der Waals surface area contributed by atoms with Crippen molar-refractivity contribution < 1.29 is 9.18 Å². The predicted octanol–water partition coefficient (Wildman–Crippen LogP) is 3.56. The van der Waals surface area contributed by atoms with E-state index in [9.17, 15) is 9.18 Å². The maximum absolute atomic E-state index is 13.8. The number of hydrogen-bond donors (Lipinski definition) is 4. The molecule has 0 radical (unpaired) electrons. The van der Waals surface area contributed by atoms with Crippen LogP contribution >= 0.6 is 0 Å². The summed E-state index contributed by atoms with van der Waals surface area (Å²) < 4.78 is 13.8. The largest absolute Gasteiger partial charge is 0.393 e. The molecule has 0 fully saturated rings. The number of amides is 1. The maximum Gasteiger partial charge on any atom is 0.272 e. The molecule has 0 saturated carbocycles. The van der Waals surface area contributed by atoms with Crippen LogP contribution in [-0.4, -0.2) is 20.9 Å². The Morgan fingerprint density at radius 3 is 2.63 bits per heavy atom. The molecule has 0 spiro atoms. The summed E-state index contributed by atoms with van der Waals surface area (Å²) in [6, 6.07) is 15.2. The van der Waals surface area contributed by atoms with Crippen molar-refractivity contribution in [1.82, 2.24) is 20.4 Å². The first-order chi connectivity index (χ1) is 14.5. The number of hydrazine groups is 1. The normalized spacial score (nSPS) is 10.6. The number of anilines is 4. The number of nitrogens with zero attached hydrogens (tertiary/aromatic N) is 3. The number of aromatic nitrogens is 3. The fourth-order valence-corrected chi connectivity index (χ4v) is 2.92. The number of carbonyl (C=O) groups is 1. The smallest absolute Gasteiger partial charge is 0.272 e. The summed E-state index contributed by atoms with van der Waals surface area (Å²) in [4.78, 5) is 24.9. The van der Waals surface area contributed by atoms with Crippen molar-refractivity contribution in [3.63, 3.8) is 0 Å². The van der Waals surface area contributed by atoms with Crippen molar-refractivity contribution >= 4 is 39.8 Å². The summed E-state index contributed by atoms with van der Waals surface area (Å²) in [7, 11) is 0. The van der Waals surface area contributed by atoms with Gasteiger partial charge in [-0.25, -0.2) is 14.4 Å². The number of halogens is 1. The van der Waals surface area contributed by atoms with Crippen molar-refractivity contribution in [2.75, 3.05) is 16.5 Å². The van der Waals surface area contributed by atoms with Crippen molar-refractivity contribution in [1.29, 1.82) is 0 Å². The minimum absolute atomic E-state index is 0.102. The average Bonchev–Trinajstić information content (AvgIpc) is 2.74.